The molecule has 4 nitrogen and oxygen atoms in total. The molecule has 0 saturated heterocycles. The highest BCUT2D eigenvalue weighted by Crippen LogP contribution is 2.20. The number of nitrogens with zero attached hydrogens (tertiary/aromatic N) is 1. The summed E-state index contributed by atoms with van der Waals surface area (Å²) in [6.07, 6.45) is 0.932. The number of benzene rings is 1. The van der Waals surface area contributed by atoms with Crippen LogP contribution in [0.5, 0.6) is 0 Å². The van der Waals surface area contributed by atoms with Crippen molar-refractivity contribution < 1.29 is 4.79 Å². The molecule has 0 saturated carbocycles. The first-order chi connectivity index (χ1) is 8.31. The molecule has 0 unspecified atom stereocenters. The van der Waals surface area contributed by atoms with Crippen LogP contribution in [0.4, 0.5) is 5.69 Å². The van der Waals surface area contributed by atoms with Crippen molar-refractivity contribution in [1.82, 2.24) is 0 Å². The maximum Gasteiger partial charge on any atom is 0.224 e. The lowest BCUT2D eigenvalue weighted by molar-refractivity contribution is -0.116. The van der Waals surface area contributed by atoms with Crippen molar-refractivity contribution in [1.29, 1.82) is 5.26 Å². The summed E-state index contributed by atoms with van der Waals surface area (Å²) in [6, 6.07) is 7.20. The van der Waals surface area contributed by atoms with Crippen molar-refractivity contribution in [3.8, 4) is 6.07 Å². The number of anilines is 1. The summed E-state index contributed by atoms with van der Waals surface area (Å²) in [4.78, 5) is 11.7. The Kier molecular flexibility index (Phi) is 4.88. The Morgan fingerprint density at radius 3 is 2.78 bits per heavy atom. The predicted octanol–water partition coefficient (Wildman–Crippen LogP) is 2.78. The molecule has 1 aromatic rings. The van der Waals surface area contributed by atoms with Crippen molar-refractivity contribution >= 4 is 27.5 Å². The molecule has 1 aromatic carbocycles. The number of hydrogen-bond acceptors (Lipinski definition) is 3. The van der Waals surface area contributed by atoms with E-state index in [2.05, 4.69) is 21.2 Å². The Bertz CT molecular complexity index is 486. The van der Waals surface area contributed by atoms with Gasteiger partial charge in [-0.25, -0.2) is 0 Å². The van der Waals surface area contributed by atoms with Gasteiger partial charge >= 0.3 is 0 Å². The fourth-order valence-corrected chi connectivity index (χ4v) is 1.73. The van der Waals surface area contributed by atoms with E-state index >= 15 is 0 Å². The van der Waals surface area contributed by atoms with Crippen LogP contribution in [0.3, 0.4) is 0 Å². The van der Waals surface area contributed by atoms with E-state index in [-0.39, 0.29) is 11.4 Å². The molecule has 0 spiro atoms. The third-order valence-electron chi connectivity index (χ3n) is 2.37. The number of amides is 1. The lowest BCUT2D eigenvalue weighted by Crippen LogP contribution is -2.33. The molecule has 0 heterocycles. The summed E-state index contributed by atoms with van der Waals surface area (Å²) >= 11 is 3.28. The number of nitrogens with two attached hydrogens (primary N) is 1. The SMILES string of the molecule is CC(C)(N)CCC(=O)Nc1ccc(Br)cc1C#N. The van der Waals surface area contributed by atoms with Crippen molar-refractivity contribution in [2.75, 3.05) is 5.32 Å². The van der Waals surface area contributed by atoms with Crippen LogP contribution in [0.25, 0.3) is 0 Å². The molecule has 1 amide bonds. The number of carbonyl (C=O) groups is 1. The molecule has 0 aliphatic carbocycles. The van der Waals surface area contributed by atoms with Gasteiger partial charge in [-0.05, 0) is 38.5 Å². The lowest BCUT2D eigenvalue weighted by Gasteiger charge is -2.17. The minimum Gasteiger partial charge on any atom is -0.326 e. The molecular weight excluding hydrogens is 294 g/mol. The van der Waals surface area contributed by atoms with Crippen molar-refractivity contribution in [3.63, 3.8) is 0 Å². The van der Waals surface area contributed by atoms with Gasteiger partial charge in [-0.15, -0.1) is 0 Å². The molecule has 0 aliphatic rings. The van der Waals surface area contributed by atoms with E-state index in [1.165, 1.54) is 0 Å². The van der Waals surface area contributed by atoms with Crippen LogP contribution in [-0.2, 0) is 4.79 Å². The molecule has 3 N–H and O–H groups in total. The molecule has 1 rings (SSSR count). The zero-order valence-corrected chi connectivity index (χ0v) is 12.0. The van der Waals surface area contributed by atoms with E-state index in [0.717, 1.165) is 4.47 Å². The maximum atomic E-state index is 11.7. The summed E-state index contributed by atoms with van der Waals surface area (Å²) in [5, 5.41) is 11.7. The van der Waals surface area contributed by atoms with Gasteiger partial charge in [0, 0.05) is 16.4 Å². The minimum atomic E-state index is -0.366. The standard InChI is InChI=1S/C13H16BrN3O/c1-13(2,16)6-5-12(18)17-11-4-3-10(14)7-9(11)8-15/h3-4,7H,5-6,16H2,1-2H3,(H,17,18). The van der Waals surface area contributed by atoms with Gasteiger partial charge in [-0.3, -0.25) is 4.79 Å². The molecular formula is C13H16BrN3O. The minimum absolute atomic E-state index is 0.132. The van der Waals surface area contributed by atoms with Gasteiger partial charge in [-0.2, -0.15) is 5.26 Å². The van der Waals surface area contributed by atoms with Crippen LogP contribution in [-0.4, -0.2) is 11.4 Å². The summed E-state index contributed by atoms with van der Waals surface area (Å²) in [5.41, 5.74) is 6.41. The summed E-state index contributed by atoms with van der Waals surface area (Å²) in [6.45, 7) is 3.75. The van der Waals surface area contributed by atoms with Crippen molar-refractivity contribution in [2.24, 2.45) is 5.73 Å². The predicted molar refractivity (Wildman–Crippen MR) is 75.0 cm³/mol. The second-order valence-electron chi connectivity index (χ2n) is 4.84. The Morgan fingerprint density at radius 2 is 2.22 bits per heavy atom. The van der Waals surface area contributed by atoms with Gasteiger partial charge in [0.1, 0.15) is 6.07 Å². The first-order valence-electron chi connectivity index (χ1n) is 5.60. The summed E-state index contributed by atoms with van der Waals surface area (Å²) in [5.74, 6) is -0.132. The van der Waals surface area contributed by atoms with Gasteiger partial charge in [0.05, 0.1) is 11.3 Å². The first-order valence-corrected chi connectivity index (χ1v) is 6.39. The number of hydrogen-bond donors (Lipinski definition) is 2. The van der Waals surface area contributed by atoms with Crippen LogP contribution in [0.1, 0.15) is 32.3 Å². The van der Waals surface area contributed by atoms with E-state index in [0.29, 0.717) is 24.1 Å². The van der Waals surface area contributed by atoms with Crippen molar-refractivity contribution in [3.05, 3.63) is 28.2 Å². The van der Waals surface area contributed by atoms with E-state index in [9.17, 15) is 4.79 Å². The Labute approximate surface area is 115 Å². The molecule has 0 atom stereocenters. The number of halogens is 1. The van der Waals surface area contributed by atoms with Crippen LogP contribution in [0.2, 0.25) is 0 Å². The Morgan fingerprint density at radius 1 is 1.56 bits per heavy atom. The lowest BCUT2D eigenvalue weighted by atomic mass is 10.00. The van der Waals surface area contributed by atoms with Gasteiger partial charge in [0.15, 0.2) is 0 Å². The molecule has 96 valence electrons. The zero-order valence-electron chi connectivity index (χ0n) is 10.5. The maximum absolute atomic E-state index is 11.7. The first kappa shape index (κ1) is 14.7. The van der Waals surface area contributed by atoms with Crippen LogP contribution >= 0.6 is 15.9 Å². The van der Waals surface area contributed by atoms with Crippen LogP contribution < -0.4 is 11.1 Å². The average Bonchev–Trinajstić information content (AvgIpc) is 2.28. The molecule has 0 fully saturated rings. The van der Waals surface area contributed by atoms with Gasteiger partial charge < -0.3 is 11.1 Å². The second kappa shape index (κ2) is 5.98. The third kappa shape index (κ3) is 4.86. The third-order valence-corrected chi connectivity index (χ3v) is 2.87. The molecule has 0 bridgehead atoms. The number of nitriles is 1. The highest BCUT2D eigenvalue weighted by Gasteiger charge is 2.14. The van der Waals surface area contributed by atoms with Crippen molar-refractivity contribution in [2.45, 2.75) is 32.2 Å². The fraction of sp³-hybridized carbons (Fsp3) is 0.385. The normalized spacial score (nSPS) is 10.8. The fourth-order valence-electron chi connectivity index (χ4n) is 1.37. The van der Waals surface area contributed by atoms with Gasteiger partial charge in [0.25, 0.3) is 0 Å². The molecule has 5 heteroatoms. The highest BCUT2D eigenvalue weighted by atomic mass is 79.9. The van der Waals surface area contributed by atoms with E-state index in [1.807, 2.05) is 19.9 Å². The van der Waals surface area contributed by atoms with E-state index in [1.54, 1.807) is 18.2 Å². The van der Waals surface area contributed by atoms with Crippen LogP contribution in [0.15, 0.2) is 22.7 Å². The monoisotopic (exact) mass is 309 g/mol. The quantitative estimate of drug-likeness (QED) is 0.897. The molecule has 0 aromatic heterocycles. The Balaban J connectivity index is 2.68. The smallest absolute Gasteiger partial charge is 0.224 e. The van der Waals surface area contributed by atoms with E-state index < -0.39 is 0 Å². The average molecular weight is 310 g/mol. The second-order valence-corrected chi connectivity index (χ2v) is 5.75. The summed E-state index contributed by atoms with van der Waals surface area (Å²) in [7, 11) is 0. The molecule has 0 aliphatic heterocycles. The van der Waals surface area contributed by atoms with Gasteiger partial charge in [-0.1, -0.05) is 15.9 Å². The molecule has 0 radical (unpaired) electrons. The highest BCUT2D eigenvalue weighted by molar-refractivity contribution is 9.10. The number of rotatable bonds is 4. The largest absolute Gasteiger partial charge is 0.326 e. The zero-order chi connectivity index (χ0) is 13.8. The Hall–Kier alpha value is -1.38. The van der Waals surface area contributed by atoms with E-state index in [4.69, 9.17) is 11.0 Å². The topological polar surface area (TPSA) is 78.9 Å². The molecule has 18 heavy (non-hydrogen) atoms. The van der Waals surface area contributed by atoms with Crippen LogP contribution in [0, 0.1) is 11.3 Å². The number of carbonyl (C=O) groups excluding carboxylic acids is 1. The summed E-state index contributed by atoms with van der Waals surface area (Å²) < 4.78 is 0.806. The number of nitrogens with one attached hydrogen (secondary N) is 1. The van der Waals surface area contributed by atoms with Gasteiger partial charge in [0.2, 0.25) is 5.91 Å².